The van der Waals surface area contributed by atoms with Gasteiger partial charge in [-0.3, -0.25) is 0 Å². The normalized spacial score (nSPS) is 22.1. The lowest BCUT2D eigenvalue weighted by molar-refractivity contribution is 0.356. The maximum Gasteiger partial charge on any atom is 0.0435 e. The molecule has 1 unspecified atom stereocenters. The van der Waals surface area contributed by atoms with Gasteiger partial charge in [0.1, 0.15) is 0 Å². The smallest absolute Gasteiger partial charge is 0.0435 e. The van der Waals surface area contributed by atoms with Gasteiger partial charge in [0.2, 0.25) is 0 Å². The van der Waals surface area contributed by atoms with Gasteiger partial charge in [0, 0.05) is 5.54 Å². The summed E-state index contributed by atoms with van der Waals surface area (Å²) in [6.45, 7) is 3.43. The lowest BCUT2D eigenvalue weighted by atomic mass is 9.83. The second-order valence-corrected chi connectivity index (χ2v) is 5.81. The SMILES string of the molecule is CCCC1(c2ccc(-c3ccccc3)cc2)CCCN1. The monoisotopic (exact) mass is 265 g/mol. The Balaban J connectivity index is 1.89. The van der Waals surface area contributed by atoms with Gasteiger partial charge in [-0.15, -0.1) is 0 Å². The Kier molecular flexibility index (Phi) is 3.88. The average molecular weight is 265 g/mol. The van der Waals surface area contributed by atoms with Crippen LogP contribution in [0.2, 0.25) is 0 Å². The van der Waals surface area contributed by atoms with Crippen LogP contribution >= 0.6 is 0 Å². The minimum absolute atomic E-state index is 0.226. The molecule has 0 aromatic heterocycles. The van der Waals surface area contributed by atoms with E-state index in [4.69, 9.17) is 0 Å². The van der Waals surface area contributed by atoms with Crippen molar-refractivity contribution in [2.45, 2.75) is 38.1 Å². The molecule has 20 heavy (non-hydrogen) atoms. The number of hydrogen-bond acceptors (Lipinski definition) is 1. The topological polar surface area (TPSA) is 12.0 Å². The van der Waals surface area contributed by atoms with E-state index < -0.39 is 0 Å². The van der Waals surface area contributed by atoms with Crippen LogP contribution in [-0.4, -0.2) is 6.54 Å². The highest BCUT2D eigenvalue weighted by atomic mass is 15.0. The predicted molar refractivity (Wildman–Crippen MR) is 85.7 cm³/mol. The van der Waals surface area contributed by atoms with Crippen LogP contribution in [0, 0.1) is 0 Å². The molecule has 0 spiro atoms. The van der Waals surface area contributed by atoms with Gasteiger partial charge in [-0.05, 0) is 42.5 Å². The number of nitrogens with one attached hydrogen (secondary N) is 1. The van der Waals surface area contributed by atoms with Crippen molar-refractivity contribution in [3.05, 3.63) is 60.2 Å². The fraction of sp³-hybridized carbons (Fsp3) is 0.368. The Hall–Kier alpha value is -1.60. The Morgan fingerprint density at radius 3 is 2.25 bits per heavy atom. The molecule has 1 heteroatoms. The highest BCUT2D eigenvalue weighted by Gasteiger charge is 2.33. The maximum atomic E-state index is 3.75. The molecule has 0 amide bonds. The van der Waals surface area contributed by atoms with Crippen molar-refractivity contribution in [2.75, 3.05) is 6.54 Å². The summed E-state index contributed by atoms with van der Waals surface area (Å²) in [6, 6.07) is 19.8. The van der Waals surface area contributed by atoms with Gasteiger partial charge in [-0.1, -0.05) is 67.9 Å². The van der Waals surface area contributed by atoms with E-state index in [-0.39, 0.29) is 5.54 Å². The number of rotatable bonds is 4. The van der Waals surface area contributed by atoms with Crippen molar-refractivity contribution in [1.82, 2.24) is 5.32 Å². The molecule has 104 valence electrons. The van der Waals surface area contributed by atoms with Crippen LogP contribution in [0.5, 0.6) is 0 Å². The van der Waals surface area contributed by atoms with Gasteiger partial charge < -0.3 is 5.32 Å². The number of hydrogen-bond donors (Lipinski definition) is 1. The fourth-order valence-corrected chi connectivity index (χ4v) is 3.45. The second kappa shape index (κ2) is 5.80. The van der Waals surface area contributed by atoms with Gasteiger partial charge in [-0.25, -0.2) is 0 Å². The molecule has 0 aliphatic carbocycles. The molecule has 1 N–H and O–H groups in total. The zero-order valence-electron chi connectivity index (χ0n) is 12.2. The number of benzene rings is 2. The Bertz CT molecular complexity index is 536. The summed E-state index contributed by atoms with van der Waals surface area (Å²) in [5, 5.41) is 3.75. The van der Waals surface area contributed by atoms with E-state index in [9.17, 15) is 0 Å². The van der Waals surface area contributed by atoms with Gasteiger partial charge in [0.05, 0.1) is 0 Å². The van der Waals surface area contributed by atoms with Crippen LogP contribution in [0.1, 0.15) is 38.2 Å². The van der Waals surface area contributed by atoms with Gasteiger partial charge in [0.15, 0.2) is 0 Å². The van der Waals surface area contributed by atoms with Crippen molar-refractivity contribution in [3.63, 3.8) is 0 Å². The Morgan fingerprint density at radius 1 is 0.950 bits per heavy atom. The molecule has 2 aromatic carbocycles. The molecule has 3 rings (SSSR count). The molecular weight excluding hydrogens is 242 g/mol. The average Bonchev–Trinajstić information content (AvgIpc) is 2.99. The van der Waals surface area contributed by atoms with Crippen LogP contribution in [0.15, 0.2) is 54.6 Å². The third-order valence-electron chi connectivity index (χ3n) is 4.47. The van der Waals surface area contributed by atoms with Crippen molar-refractivity contribution in [1.29, 1.82) is 0 Å². The van der Waals surface area contributed by atoms with E-state index >= 15 is 0 Å². The molecule has 1 fully saturated rings. The third-order valence-corrected chi connectivity index (χ3v) is 4.47. The van der Waals surface area contributed by atoms with Crippen LogP contribution in [0.3, 0.4) is 0 Å². The molecule has 1 heterocycles. The van der Waals surface area contributed by atoms with Crippen molar-refractivity contribution >= 4 is 0 Å². The van der Waals surface area contributed by atoms with Crippen molar-refractivity contribution in [3.8, 4) is 11.1 Å². The van der Waals surface area contributed by atoms with Crippen LogP contribution in [0.4, 0.5) is 0 Å². The molecule has 1 nitrogen and oxygen atoms in total. The lowest BCUT2D eigenvalue weighted by Gasteiger charge is -2.30. The first-order chi connectivity index (χ1) is 9.84. The summed E-state index contributed by atoms with van der Waals surface area (Å²) in [7, 11) is 0. The highest BCUT2D eigenvalue weighted by Crippen LogP contribution is 2.36. The minimum atomic E-state index is 0.226. The molecule has 0 radical (unpaired) electrons. The summed E-state index contributed by atoms with van der Waals surface area (Å²) in [5.41, 5.74) is 4.28. The standard InChI is InChI=1S/C19H23N/c1-2-13-19(14-6-15-20-19)18-11-9-17(10-12-18)16-7-4-3-5-8-16/h3-5,7-12,20H,2,6,13-15H2,1H3. The molecule has 1 saturated heterocycles. The third kappa shape index (κ3) is 2.51. The summed E-state index contributed by atoms with van der Waals surface area (Å²) in [4.78, 5) is 0. The Morgan fingerprint density at radius 2 is 1.65 bits per heavy atom. The molecule has 2 aromatic rings. The van der Waals surface area contributed by atoms with Gasteiger partial charge in [-0.2, -0.15) is 0 Å². The van der Waals surface area contributed by atoms with Crippen LogP contribution < -0.4 is 5.32 Å². The van der Waals surface area contributed by atoms with Crippen molar-refractivity contribution < 1.29 is 0 Å². The van der Waals surface area contributed by atoms with Gasteiger partial charge >= 0.3 is 0 Å². The molecule has 0 saturated carbocycles. The van der Waals surface area contributed by atoms with E-state index in [1.807, 2.05) is 0 Å². The summed E-state index contributed by atoms with van der Waals surface area (Å²) in [6.07, 6.45) is 5.02. The first-order valence-corrected chi connectivity index (χ1v) is 7.75. The second-order valence-electron chi connectivity index (χ2n) is 5.81. The largest absolute Gasteiger partial charge is 0.307 e. The highest BCUT2D eigenvalue weighted by molar-refractivity contribution is 5.63. The summed E-state index contributed by atoms with van der Waals surface area (Å²) < 4.78 is 0. The quantitative estimate of drug-likeness (QED) is 0.842. The van der Waals surface area contributed by atoms with E-state index in [2.05, 4.69) is 66.8 Å². The maximum absolute atomic E-state index is 3.75. The Labute approximate surface area is 122 Å². The summed E-state index contributed by atoms with van der Waals surface area (Å²) in [5.74, 6) is 0. The zero-order valence-corrected chi connectivity index (χ0v) is 12.2. The first kappa shape index (κ1) is 13.4. The van der Waals surface area contributed by atoms with Crippen LogP contribution in [-0.2, 0) is 5.54 Å². The first-order valence-electron chi connectivity index (χ1n) is 7.75. The molecule has 1 aliphatic heterocycles. The fourth-order valence-electron chi connectivity index (χ4n) is 3.45. The van der Waals surface area contributed by atoms with E-state index in [0.717, 1.165) is 6.54 Å². The summed E-state index contributed by atoms with van der Waals surface area (Å²) >= 11 is 0. The molecule has 1 atom stereocenters. The minimum Gasteiger partial charge on any atom is -0.307 e. The van der Waals surface area contributed by atoms with Crippen molar-refractivity contribution in [2.24, 2.45) is 0 Å². The predicted octanol–water partition coefficient (Wildman–Crippen LogP) is 4.73. The zero-order chi connectivity index (χ0) is 13.8. The lowest BCUT2D eigenvalue weighted by Crippen LogP contribution is -2.36. The van der Waals surface area contributed by atoms with E-state index in [1.165, 1.54) is 42.4 Å². The van der Waals surface area contributed by atoms with Crippen LogP contribution in [0.25, 0.3) is 11.1 Å². The molecule has 1 aliphatic rings. The van der Waals surface area contributed by atoms with Gasteiger partial charge in [0.25, 0.3) is 0 Å². The van der Waals surface area contributed by atoms with E-state index in [0.29, 0.717) is 0 Å². The van der Waals surface area contributed by atoms with E-state index in [1.54, 1.807) is 0 Å². The molecular formula is C19H23N. The molecule has 0 bridgehead atoms.